The van der Waals surface area contributed by atoms with E-state index in [1.54, 1.807) is 43.8 Å². The molecule has 0 unspecified atom stereocenters. The highest BCUT2D eigenvalue weighted by atomic mass is 32.1. The maximum absolute atomic E-state index is 12.1. The van der Waals surface area contributed by atoms with Gasteiger partial charge in [0.2, 0.25) is 0 Å². The number of carbonyl (C=O) groups is 1. The Balaban J connectivity index is 1.52. The molecule has 0 fully saturated rings. The van der Waals surface area contributed by atoms with Crippen LogP contribution in [0.2, 0.25) is 0 Å². The number of aryl methyl sites for hydroxylation is 1. The van der Waals surface area contributed by atoms with Crippen LogP contribution in [-0.2, 0) is 0 Å². The van der Waals surface area contributed by atoms with Gasteiger partial charge in [-0.25, -0.2) is 4.98 Å². The molecule has 5 rings (SSSR count). The predicted molar refractivity (Wildman–Crippen MR) is 117 cm³/mol. The average molecular weight is 415 g/mol. The molecule has 3 heterocycles. The molecule has 0 saturated heterocycles. The number of amides is 1. The van der Waals surface area contributed by atoms with Crippen molar-refractivity contribution < 1.29 is 13.9 Å². The molecule has 0 aliphatic carbocycles. The van der Waals surface area contributed by atoms with Gasteiger partial charge in [0.25, 0.3) is 5.91 Å². The first-order valence-electron chi connectivity index (χ1n) is 9.36. The van der Waals surface area contributed by atoms with Gasteiger partial charge in [0.15, 0.2) is 0 Å². The van der Waals surface area contributed by atoms with E-state index in [-0.39, 0.29) is 5.91 Å². The van der Waals surface area contributed by atoms with Gasteiger partial charge < -0.3 is 14.5 Å². The average Bonchev–Trinajstić information content (AvgIpc) is 3.40. The number of fused-ring (bicyclic) bond motifs is 2. The van der Waals surface area contributed by atoms with Crippen molar-refractivity contribution in [2.75, 3.05) is 7.05 Å². The smallest absolute Gasteiger partial charge is 0.255 e. The van der Waals surface area contributed by atoms with E-state index in [1.807, 2.05) is 41.8 Å². The van der Waals surface area contributed by atoms with Crippen LogP contribution >= 0.6 is 11.3 Å². The Hall–Kier alpha value is -3.71. The van der Waals surface area contributed by atoms with Crippen molar-refractivity contribution in [2.24, 2.45) is 0 Å². The quantitative estimate of drug-likeness (QED) is 0.415. The first kappa shape index (κ1) is 18.3. The number of hydrogen-bond donors (Lipinski definition) is 1. The van der Waals surface area contributed by atoms with E-state index in [0.717, 1.165) is 26.9 Å². The Kier molecular flexibility index (Phi) is 4.44. The highest BCUT2D eigenvalue weighted by Gasteiger charge is 2.18. The standard InChI is InChI=1S/C23H17N3O3S/c1-13-21(22(27)24-2)17-6-4-15(12-20(17)28-13)29-19-7-8-25-18-11-14(3-5-16(18)19)23-26-9-10-30-23/h3-12H,1-2H3,(H,24,27). The summed E-state index contributed by atoms with van der Waals surface area (Å²) >= 11 is 1.59. The molecule has 7 heteroatoms. The van der Waals surface area contributed by atoms with Crippen LogP contribution in [0, 0.1) is 6.92 Å². The zero-order valence-corrected chi connectivity index (χ0v) is 17.1. The van der Waals surface area contributed by atoms with Crippen molar-refractivity contribution in [2.45, 2.75) is 6.92 Å². The third-order valence-electron chi connectivity index (χ3n) is 4.90. The van der Waals surface area contributed by atoms with Gasteiger partial charge in [-0.05, 0) is 37.3 Å². The lowest BCUT2D eigenvalue weighted by molar-refractivity contribution is 0.0963. The van der Waals surface area contributed by atoms with Crippen LogP contribution < -0.4 is 10.1 Å². The minimum Gasteiger partial charge on any atom is -0.460 e. The fourth-order valence-corrected chi connectivity index (χ4v) is 4.14. The van der Waals surface area contributed by atoms with Gasteiger partial charge in [-0.1, -0.05) is 6.07 Å². The topological polar surface area (TPSA) is 77.2 Å². The fraction of sp³-hybridized carbons (Fsp3) is 0.0870. The largest absolute Gasteiger partial charge is 0.460 e. The van der Waals surface area contributed by atoms with Crippen LogP contribution in [0.1, 0.15) is 16.1 Å². The summed E-state index contributed by atoms with van der Waals surface area (Å²) in [6.45, 7) is 1.78. The number of nitrogens with one attached hydrogen (secondary N) is 1. The number of hydrogen-bond acceptors (Lipinski definition) is 6. The molecule has 0 spiro atoms. The molecule has 2 aromatic carbocycles. The fourth-order valence-electron chi connectivity index (χ4n) is 3.51. The molecule has 0 aliphatic heterocycles. The number of nitrogens with zero attached hydrogens (tertiary/aromatic N) is 2. The SMILES string of the molecule is CNC(=O)c1c(C)oc2cc(Oc3ccnc4cc(-c5nccs5)ccc34)ccc12. The third-order valence-corrected chi connectivity index (χ3v) is 5.72. The molecule has 0 saturated carbocycles. The van der Waals surface area contributed by atoms with Crippen molar-refractivity contribution in [3.05, 3.63) is 71.6 Å². The Morgan fingerprint density at radius 2 is 1.93 bits per heavy atom. The van der Waals surface area contributed by atoms with Crippen LogP contribution in [0.25, 0.3) is 32.4 Å². The summed E-state index contributed by atoms with van der Waals surface area (Å²) in [5.41, 5.74) is 3.00. The number of aromatic nitrogens is 2. The molecular formula is C23H17N3O3S. The molecule has 5 aromatic rings. The van der Waals surface area contributed by atoms with E-state index < -0.39 is 0 Å². The Morgan fingerprint density at radius 3 is 2.73 bits per heavy atom. The summed E-state index contributed by atoms with van der Waals surface area (Å²) in [5, 5.41) is 7.21. The molecule has 0 atom stereocenters. The minimum atomic E-state index is -0.170. The molecular weight excluding hydrogens is 398 g/mol. The van der Waals surface area contributed by atoms with E-state index in [2.05, 4.69) is 15.3 Å². The third kappa shape index (κ3) is 3.09. The zero-order chi connectivity index (χ0) is 20.7. The molecule has 30 heavy (non-hydrogen) atoms. The van der Waals surface area contributed by atoms with Crippen LogP contribution in [0.15, 0.2) is 64.7 Å². The van der Waals surface area contributed by atoms with E-state index in [4.69, 9.17) is 9.15 Å². The van der Waals surface area contributed by atoms with Gasteiger partial charge >= 0.3 is 0 Å². The molecule has 3 aromatic heterocycles. The van der Waals surface area contributed by atoms with Crippen molar-refractivity contribution in [1.82, 2.24) is 15.3 Å². The van der Waals surface area contributed by atoms with Crippen LogP contribution in [0.4, 0.5) is 0 Å². The van der Waals surface area contributed by atoms with Crippen molar-refractivity contribution in [1.29, 1.82) is 0 Å². The Morgan fingerprint density at radius 1 is 1.07 bits per heavy atom. The van der Waals surface area contributed by atoms with Gasteiger partial charge in [-0.3, -0.25) is 9.78 Å². The molecule has 148 valence electrons. The number of rotatable bonds is 4. The van der Waals surface area contributed by atoms with Crippen molar-refractivity contribution in [3.8, 4) is 22.1 Å². The lowest BCUT2D eigenvalue weighted by Crippen LogP contribution is -2.18. The van der Waals surface area contributed by atoms with Gasteiger partial charge in [-0.2, -0.15) is 0 Å². The van der Waals surface area contributed by atoms with Crippen LogP contribution in [0.3, 0.4) is 0 Å². The molecule has 1 N–H and O–H groups in total. The van der Waals surface area contributed by atoms with E-state index >= 15 is 0 Å². The van der Waals surface area contributed by atoms with Crippen molar-refractivity contribution >= 4 is 39.1 Å². The second kappa shape index (κ2) is 7.27. The molecule has 6 nitrogen and oxygen atoms in total. The second-order valence-corrected chi connectivity index (χ2v) is 7.65. The number of pyridine rings is 1. The Labute approximate surface area is 176 Å². The highest BCUT2D eigenvalue weighted by molar-refractivity contribution is 7.13. The normalized spacial score (nSPS) is 11.1. The summed E-state index contributed by atoms with van der Waals surface area (Å²) in [5.74, 6) is 1.72. The molecule has 0 bridgehead atoms. The van der Waals surface area contributed by atoms with Gasteiger partial charge in [0.1, 0.15) is 27.8 Å². The minimum absolute atomic E-state index is 0.170. The van der Waals surface area contributed by atoms with E-state index in [0.29, 0.717) is 28.4 Å². The maximum Gasteiger partial charge on any atom is 0.255 e. The number of benzene rings is 2. The number of ether oxygens (including phenoxy) is 1. The summed E-state index contributed by atoms with van der Waals surface area (Å²) < 4.78 is 11.9. The van der Waals surface area contributed by atoms with Crippen LogP contribution in [-0.4, -0.2) is 22.9 Å². The Bertz CT molecular complexity index is 1390. The number of carbonyl (C=O) groups excluding carboxylic acids is 1. The summed E-state index contributed by atoms with van der Waals surface area (Å²) in [6, 6.07) is 13.3. The summed E-state index contributed by atoms with van der Waals surface area (Å²) in [6.07, 6.45) is 3.52. The highest BCUT2D eigenvalue weighted by Crippen LogP contribution is 2.34. The predicted octanol–water partition coefficient (Wildman–Crippen LogP) is 5.56. The van der Waals surface area contributed by atoms with Gasteiger partial charge in [0, 0.05) is 47.2 Å². The van der Waals surface area contributed by atoms with Crippen LogP contribution in [0.5, 0.6) is 11.5 Å². The number of furan rings is 1. The summed E-state index contributed by atoms with van der Waals surface area (Å²) in [4.78, 5) is 21.0. The van der Waals surface area contributed by atoms with E-state index in [9.17, 15) is 4.79 Å². The maximum atomic E-state index is 12.1. The molecule has 0 radical (unpaired) electrons. The lowest BCUT2D eigenvalue weighted by Gasteiger charge is -2.09. The monoisotopic (exact) mass is 415 g/mol. The van der Waals surface area contributed by atoms with Gasteiger partial charge in [0.05, 0.1) is 11.1 Å². The summed E-state index contributed by atoms with van der Waals surface area (Å²) in [7, 11) is 1.60. The first-order chi connectivity index (χ1) is 14.6. The number of thiazole rings is 1. The second-order valence-electron chi connectivity index (χ2n) is 6.75. The van der Waals surface area contributed by atoms with E-state index in [1.165, 1.54) is 0 Å². The van der Waals surface area contributed by atoms with Crippen molar-refractivity contribution in [3.63, 3.8) is 0 Å². The zero-order valence-electron chi connectivity index (χ0n) is 16.3. The van der Waals surface area contributed by atoms with Gasteiger partial charge in [-0.15, -0.1) is 11.3 Å². The molecule has 1 amide bonds. The molecule has 0 aliphatic rings. The first-order valence-corrected chi connectivity index (χ1v) is 10.2. The lowest BCUT2D eigenvalue weighted by atomic mass is 10.1.